The molecule has 1 heterocycles. The van der Waals surface area contributed by atoms with Gasteiger partial charge in [-0.3, -0.25) is 9.78 Å². The molecule has 0 unspecified atom stereocenters. The van der Waals surface area contributed by atoms with Crippen molar-refractivity contribution in [2.45, 2.75) is 27.2 Å². The number of aromatic amines is 1. The van der Waals surface area contributed by atoms with E-state index in [-0.39, 0.29) is 5.56 Å². The predicted molar refractivity (Wildman–Crippen MR) is 43.7 cm³/mol. The fourth-order valence-corrected chi connectivity index (χ4v) is 1.03. The van der Waals surface area contributed by atoms with Crippen LogP contribution in [0.5, 0.6) is 0 Å². The SMILES string of the molecule is CCc1[nH]c(=O)c(C)nc1C. The van der Waals surface area contributed by atoms with Crippen molar-refractivity contribution in [1.29, 1.82) is 0 Å². The van der Waals surface area contributed by atoms with Crippen molar-refractivity contribution in [3.05, 3.63) is 27.4 Å². The van der Waals surface area contributed by atoms with Crippen LogP contribution in [0.2, 0.25) is 0 Å². The molecule has 3 nitrogen and oxygen atoms in total. The first-order valence-electron chi connectivity index (χ1n) is 3.71. The third-order valence-corrected chi connectivity index (χ3v) is 1.72. The van der Waals surface area contributed by atoms with Crippen LogP contribution in [0.25, 0.3) is 0 Å². The van der Waals surface area contributed by atoms with Gasteiger partial charge in [-0.2, -0.15) is 0 Å². The molecule has 1 aromatic rings. The van der Waals surface area contributed by atoms with E-state index in [2.05, 4.69) is 9.97 Å². The van der Waals surface area contributed by atoms with Crippen molar-refractivity contribution < 1.29 is 0 Å². The van der Waals surface area contributed by atoms with E-state index in [1.807, 2.05) is 13.8 Å². The van der Waals surface area contributed by atoms with Crippen molar-refractivity contribution in [3.8, 4) is 0 Å². The zero-order chi connectivity index (χ0) is 8.43. The molecule has 0 aliphatic carbocycles. The Morgan fingerprint density at radius 1 is 1.36 bits per heavy atom. The summed E-state index contributed by atoms with van der Waals surface area (Å²) in [6.07, 6.45) is 0.828. The maximum atomic E-state index is 11.0. The topological polar surface area (TPSA) is 45.8 Å². The third-order valence-electron chi connectivity index (χ3n) is 1.72. The van der Waals surface area contributed by atoms with Gasteiger partial charge in [0.15, 0.2) is 0 Å². The summed E-state index contributed by atoms with van der Waals surface area (Å²) in [7, 11) is 0. The van der Waals surface area contributed by atoms with Gasteiger partial charge in [-0.05, 0) is 20.3 Å². The van der Waals surface area contributed by atoms with Crippen LogP contribution in [0.15, 0.2) is 4.79 Å². The Bertz CT molecular complexity index is 314. The lowest BCUT2D eigenvalue weighted by Gasteiger charge is -2.01. The molecule has 0 saturated carbocycles. The summed E-state index contributed by atoms with van der Waals surface area (Å²) < 4.78 is 0. The van der Waals surface area contributed by atoms with E-state index in [1.165, 1.54) is 0 Å². The lowest BCUT2D eigenvalue weighted by atomic mass is 10.2. The van der Waals surface area contributed by atoms with Gasteiger partial charge in [0.1, 0.15) is 5.69 Å². The van der Waals surface area contributed by atoms with Crippen molar-refractivity contribution in [2.24, 2.45) is 0 Å². The lowest BCUT2D eigenvalue weighted by molar-refractivity contribution is 0.908. The lowest BCUT2D eigenvalue weighted by Crippen LogP contribution is -2.15. The van der Waals surface area contributed by atoms with Crippen LogP contribution in [0.1, 0.15) is 24.0 Å². The molecule has 1 rings (SSSR count). The molecular formula is C8H12N2O. The molecule has 0 saturated heterocycles. The van der Waals surface area contributed by atoms with Gasteiger partial charge in [-0.1, -0.05) is 6.92 Å². The molecule has 0 amide bonds. The maximum Gasteiger partial charge on any atom is 0.269 e. The first-order valence-corrected chi connectivity index (χ1v) is 3.71. The van der Waals surface area contributed by atoms with Crippen LogP contribution in [-0.2, 0) is 6.42 Å². The summed E-state index contributed by atoms with van der Waals surface area (Å²) in [5.41, 5.74) is 2.32. The third kappa shape index (κ3) is 1.48. The Labute approximate surface area is 65.5 Å². The number of aryl methyl sites for hydroxylation is 3. The number of rotatable bonds is 1. The summed E-state index contributed by atoms with van der Waals surface area (Å²) in [6.45, 7) is 5.61. The van der Waals surface area contributed by atoms with Crippen molar-refractivity contribution in [1.82, 2.24) is 9.97 Å². The molecule has 0 radical (unpaired) electrons. The Morgan fingerprint density at radius 2 is 2.00 bits per heavy atom. The van der Waals surface area contributed by atoms with Gasteiger partial charge in [0.2, 0.25) is 0 Å². The molecule has 1 aromatic heterocycles. The highest BCUT2D eigenvalue weighted by Crippen LogP contribution is 1.98. The Balaban J connectivity index is 3.32. The van der Waals surface area contributed by atoms with Crippen molar-refractivity contribution in [2.75, 3.05) is 0 Å². The largest absolute Gasteiger partial charge is 0.323 e. The fraction of sp³-hybridized carbons (Fsp3) is 0.500. The number of aromatic nitrogens is 2. The van der Waals surface area contributed by atoms with Crippen LogP contribution in [0.3, 0.4) is 0 Å². The highest BCUT2D eigenvalue weighted by atomic mass is 16.1. The van der Waals surface area contributed by atoms with Gasteiger partial charge in [-0.25, -0.2) is 0 Å². The molecule has 11 heavy (non-hydrogen) atoms. The van der Waals surface area contributed by atoms with Crippen LogP contribution < -0.4 is 5.56 Å². The number of nitrogens with one attached hydrogen (secondary N) is 1. The average Bonchev–Trinajstić information content (AvgIpc) is 1.97. The number of hydrogen-bond donors (Lipinski definition) is 1. The van der Waals surface area contributed by atoms with E-state index >= 15 is 0 Å². The Hall–Kier alpha value is -1.12. The van der Waals surface area contributed by atoms with Gasteiger partial charge in [0, 0.05) is 5.69 Å². The van der Waals surface area contributed by atoms with Crippen LogP contribution >= 0.6 is 0 Å². The predicted octanol–water partition coefficient (Wildman–Crippen LogP) is 0.949. The van der Waals surface area contributed by atoms with Crippen molar-refractivity contribution in [3.63, 3.8) is 0 Å². The number of hydrogen-bond acceptors (Lipinski definition) is 2. The molecule has 0 aliphatic rings. The van der Waals surface area contributed by atoms with E-state index < -0.39 is 0 Å². The smallest absolute Gasteiger partial charge is 0.269 e. The minimum atomic E-state index is -0.0764. The molecule has 0 spiro atoms. The molecular weight excluding hydrogens is 140 g/mol. The minimum absolute atomic E-state index is 0.0764. The van der Waals surface area contributed by atoms with E-state index in [0.717, 1.165) is 17.8 Å². The van der Waals surface area contributed by atoms with Crippen LogP contribution in [-0.4, -0.2) is 9.97 Å². The summed E-state index contributed by atoms with van der Waals surface area (Å²) in [4.78, 5) is 17.9. The normalized spacial score (nSPS) is 10.1. The molecule has 0 aliphatic heterocycles. The van der Waals surface area contributed by atoms with Crippen molar-refractivity contribution >= 4 is 0 Å². The first kappa shape index (κ1) is 7.98. The Kier molecular flexibility index (Phi) is 2.08. The molecule has 3 heteroatoms. The minimum Gasteiger partial charge on any atom is -0.323 e. The highest BCUT2D eigenvalue weighted by Gasteiger charge is 2.00. The Morgan fingerprint density at radius 3 is 2.55 bits per heavy atom. The van der Waals surface area contributed by atoms with Gasteiger partial charge in [-0.15, -0.1) is 0 Å². The second-order valence-corrected chi connectivity index (χ2v) is 2.57. The number of nitrogens with zero attached hydrogens (tertiary/aromatic N) is 1. The van der Waals surface area contributed by atoms with E-state index in [1.54, 1.807) is 6.92 Å². The van der Waals surface area contributed by atoms with E-state index in [0.29, 0.717) is 5.69 Å². The molecule has 60 valence electrons. The summed E-state index contributed by atoms with van der Waals surface area (Å²) >= 11 is 0. The second kappa shape index (κ2) is 2.86. The average molecular weight is 152 g/mol. The van der Waals surface area contributed by atoms with E-state index in [9.17, 15) is 4.79 Å². The summed E-state index contributed by atoms with van der Waals surface area (Å²) in [6, 6.07) is 0. The van der Waals surface area contributed by atoms with E-state index in [4.69, 9.17) is 0 Å². The maximum absolute atomic E-state index is 11.0. The molecule has 0 aromatic carbocycles. The zero-order valence-electron chi connectivity index (χ0n) is 7.06. The monoisotopic (exact) mass is 152 g/mol. The van der Waals surface area contributed by atoms with Crippen LogP contribution in [0, 0.1) is 13.8 Å². The van der Waals surface area contributed by atoms with Crippen LogP contribution in [0.4, 0.5) is 0 Å². The fourth-order valence-electron chi connectivity index (χ4n) is 1.03. The zero-order valence-corrected chi connectivity index (χ0v) is 7.06. The molecule has 0 bridgehead atoms. The summed E-state index contributed by atoms with van der Waals surface area (Å²) in [5, 5.41) is 0. The van der Waals surface area contributed by atoms with Gasteiger partial charge in [0.25, 0.3) is 5.56 Å². The first-order chi connectivity index (χ1) is 5.15. The van der Waals surface area contributed by atoms with Gasteiger partial charge in [0.05, 0.1) is 5.69 Å². The summed E-state index contributed by atoms with van der Waals surface area (Å²) in [5.74, 6) is 0. The van der Waals surface area contributed by atoms with Gasteiger partial charge < -0.3 is 4.98 Å². The quantitative estimate of drug-likeness (QED) is 0.651. The second-order valence-electron chi connectivity index (χ2n) is 2.57. The molecule has 0 atom stereocenters. The van der Waals surface area contributed by atoms with Gasteiger partial charge >= 0.3 is 0 Å². The highest BCUT2D eigenvalue weighted by molar-refractivity contribution is 5.11. The number of H-pyrrole nitrogens is 1. The standard InChI is InChI=1S/C8H12N2O/c1-4-7-5(2)9-6(3)8(11)10-7/h4H2,1-3H3,(H,10,11). The molecule has 1 N–H and O–H groups in total. The molecule has 0 fully saturated rings.